The summed E-state index contributed by atoms with van der Waals surface area (Å²) in [6, 6.07) is 12.3. The van der Waals surface area contributed by atoms with E-state index < -0.39 is 5.97 Å². The number of hydrogen-bond acceptors (Lipinski definition) is 4. The van der Waals surface area contributed by atoms with Crippen molar-refractivity contribution in [2.45, 2.75) is 13.0 Å². The highest BCUT2D eigenvalue weighted by Crippen LogP contribution is 2.29. The van der Waals surface area contributed by atoms with E-state index >= 15 is 0 Å². The summed E-state index contributed by atoms with van der Waals surface area (Å²) in [6.45, 7) is 0.665. The van der Waals surface area contributed by atoms with E-state index in [4.69, 9.17) is 16.3 Å². The van der Waals surface area contributed by atoms with Crippen molar-refractivity contribution in [2.75, 3.05) is 13.7 Å². The minimum absolute atomic E-state index is 0.199. The lowest BCUT2D eigenvalue weighted by Gasteiger charge is -2.29. The maximum atomic E-state index is 12.8. The van der Waals surface area contributed by atoms with E-state index in [1.54, 1.807) is 54.5 Å². The molecule has 6 nitrogen and oxygen atoms in total. The fourth-order valence-corrected chi connectivity index (χ4v) is 3.91. The van der Waals surface area contributed by atoms with Crippen molar-refractivity contribution in [2.24, 2.45) is 0 Å². The van der Waals surface area contributed by atoms with Crippen molar-refractivity contribution in [3.8, 4) is 5.75 Å². The molecule has 0 bridgehead atoms. The van der Waals surface area contributed by atoms with Crippen LogP contribution in [0.25, 0.3) is 17.0 Å². The average Bonchev–Trinajstić information content (AvgIpc) is 2.75. The fourth-order valence-electron chi connectivity index (χ4n) is 3.72. The van der Waals surface area contributed by atoms with Gasteiger partial charge in [-0.3, -0.25) is 9.78 Å². The second-order valence-electron chi connectivity index (χ2n) is 6.96. The van der Waals surface area contributed by atoms with E-state index in [2.05, 4.69) is 4.98 Å². The molecular formula is C23H19ClN2O4. The molecule has 0 aliphatic carbocycles. The van der Waals surface area contributed by atoms with E-state index in [0.29, 0.717) is 45.8 Å². The van der Waals surface area contributed by atoms with Gasteiger partial charge in [0.15, 0.2) is 0 Å². The molecule has 0 spiro atoms. The number of pyridine rings is 1. The number of fused-ring (bicyclic) bond motifs is 2. The van der Waals surface area contributed by atoms with Gasteiger partial charge in [-0.25, -0.2) is 4.79 Å². The molecule has 1 N–H and O–H groups in total. The predicted molar refractivity (Wildman–Crippen MR) is 115 cm³/mol. The number of halogens is 1. The summed E-state index contributed by atoms with van der Waals surface area (Å²) in [4.78, 5) is 31.1. The highest BCUT2D eigenvalue weighted by molar-refractivity contribution is 6.30. The van der Waals surface area contributed by atoms with Crippen LogP contribution in [-0.2, 0) is 17.8 Å². The third-order valence-corrected chi connectivity index (χ3v) is 5.40. The monoisotopic (exact) mass is 422 g/mol. The van der Waals surface area contributed by atoms with Crippen LogP contribution in [0.1, 0.15) is 27.2 Å². The van der Waals surface area contributed by atoms with Crippen molar-refractivity contribution in [1.29, 1.82) is 0 Å². The van der Waals surface area contributed by atoms with Gasteiger partial charge in [-0.1, -0.05) is 29.8 Å². The van der Waals surface area contributed by atoms with Crippen LogP contribution in [0.5, 0.6) is 5.75 Å². The number of aromatic nitrogens is 1. The van der Waals surface area contributed by atoms with Crippen molar-refractivity contribution in [1.82, 2.24) is 9.88 Å². The second-order valence-corrected chi connectivity index (χ2v) is 7.40. The molecule has 4 rings (SSSR count). The van der Waals surface area contributed by atoms with Gasteiger partial charge in [0.1, 0.15) is 5.75 Å². The first-order valence-corrected chi connectivity index (χ1v) is 9.80. The summed E-state index contributed by atoms with van der Waals surface area (Å²) in [6.07, 6.45) is 3.61. The number of benzene rings is 2. The molecule has 0 saturated carbocycles. The molecule has 0 fully saturated rings. The number of aromatic carboxylic acids is 1. The molecule has 0 atom stereocenters. The highest BCUT2D eigenvalue weighted by Gasteiger charge is 2.27. The first-order chi connectivity index (χ1) is 14.5. The summed E-state index contributed by atoms with van der Waals surface area (Å²) in [7, 11) is 1.55. The van der Waals surface area contributed by atoms with Crippen LogP contribution in [0.4, 0.5) is 0 Å². The van der Waals surface area contributed by atoms with Crippen LogP contribution in [0.2, 0.25) is 5.02 Å². The minimum Gasteiger partial charge on any atom is -0.496 e. The predicted octanol–water partition coefficient (Wildman–Crippen LogP) is 4.19. The molecular weight excluding hydrogens is 404 g/mol. The zero-order chi connectivity index (χ0) is 21.3. The Morgan fingerprint density at radius 3 is 2.80 bits per heavy atom. The highest BCUT2D eigenvalue weighted by atomic mass is 35.5. The summed E-state index contributed by atoms with van der Waals surface area (Å²) >= 11 is 6.04. The van der Waals surface area contributed by atoms with E-state index in [1.165, 1.54) is 6.08 Å². The van der Waals surface area contributed by atoms with E-state index in [0.717, 1.165) is 5.69 Å². The topological polar surface area (TPSA) is 79.7 Å². The van der Waals surface area contributed by atoms with Crippen LogP contribution in [0.3, 0.4) is 0 Å². The fraction of sp³-hybridized carbons (Fsp3) is 0.174. The Kier molecular flexibility index (Phi) is 5.42. The van der Waals surface area contributed by atoms with Crippen LogP contribution < -0.4 is 4.74 Å². The average molecular weight is 423 g/mol. The number of ether oxygens (including phenoxy) is 1. The van der Waals surface area contributed by atoms with Gasteiger partial charge >= 0.3 is 5.97 Å². The largest absolute Gasteiger partial charge is 0.496 e. The van der Waals surface area contributed by atoms with Gasteiger partial charge < -0.3 is 14.7 Å². The van der Waals surface area contributed by atoms with Crippen LogP contribution >= 0.6 is 11.6 Å². The minimum atomic E-state index is -1.02. The van der Waals surface area contributed by atoms with Gasteiger partial charge in [-0.15, -0.1) is 0 Å². The Morgan fingerprint density at radius 2 is 2.03 bits per heavy atom. The summed E-state index contributed by atoms with van der Waals surface area (Å²) < 4.78 is 5.30. The van der Waals surface area contributed by atoms with Crippen molar-refractivity contribution in [3.05, 3.63) is 75.9 Å². The second kappa shape index (κ2) is 8.16. The first-order valence-electron chi connectivity index (χ1n) is 9.42. The molecule has 1 aliphatic heterocycles. The Labute approximate surface area is 178 Å². The molecule has 3 aromatic rings. The summed E-state index contributed by atoms with van der Waals surface area (Å²) in [5.41, 5.74) is 2.88. The van der Waals surface area contributed by atoms with Crippen molar-refractivity contribution >= 4 is 40.5 Å². The van der Waals surface area contributed by atoms with Gasteiger partial charge in [0, 0.05) is 52.8 Å². The molecule has 30 heavy (non-hydrogen) atoms. The third kappa shape index (κ3) is 3.74. The molecule has 1 aliphatic rings. The number of amides is 1. The molecule has 2 aromatic carbocycles. The van der Waals surface area contributed by atoms with Crippen molar-refractivity contribution < 1.29 is 19.4 Å². The SMILES string of the molecule is COc1ccc(Cl)cc1/C=C/C(=O)N1CCc2nc3ccccc3c(C(=O)O)c2C1. The van der Waals surface area contributed by atoms with E-state index in [9.17, 15) is 14.7 Å². The Balaban J connectivity index is 1.64. The number of para-hydroxylation sites is 1. The zero-order valence-corrected chi connectivity index (χ0v) is 17.0. The number of carboxylic acids is 1. The maximum Gasteiger partial charge on any atom is 0.336 e. The van der Waals surface area contributed by atoms with Gasteiger partial charge in [-0.05, 0) is 30.3 Å². The lowest BCUT2D eigenvalue weighted by atomic mass is 9.95. The Morgan fingerprint density at radius 1 is 1.23 bits per heavy atom. The molecule has 2 heterocycles. The van der Waals surface area contributed by atoms with Gasteiger partial charge in [0.25, 0.3) is 0 Å². The quantitative estimate of drug-likeness (QED) is 0.637. The number of hydrogen-bond donors (Lipinski definition) is 1. The lowest BCUT2D eigenvalue weighted by Crippen LogP contribution is -2.36. The van der Waals surface area contributed by atoms with Gasteiger partial charge in [-0.2, -0.15) is 0 Å². The Hall–Kier alpha value is -3.38. The third-order valence-electron chi connectivity index (χ3n) is 5.17. The van der Waals surface area contributed by atoms with E-state index in [1.807, 2.05) is 6.07 Å². The summed E-state index contributed by atoms with van der Waals surface area (Å²) in [5.74, 6) is -0.623. The van der Waals surface area contributed by atoms with Gasteiger partial charge in [0.05, 0.1) is 18.2 Å². The Bertz CT molecular complexity index is 1190. The lowest BCUT2D eigenvalue weighted by molar-refractivity contribution is -0.126. The normalized spacial score (nSPS) is 13.5. The zero-order valence-electron chi connectivity index (χ0n) is 16.3. The number of carbonyl (C=O) groups is 2. The smallest absolute Gasteiger partial charge is 0.336 e. The first kappa shape index (κ1) is 19.9. The van der Waals surface area contributed by atoms with E-state index in [-0.39, 0.29) is 18.0 Å². The number of carbonyl (C=O) groups excluding carboxylic acids is 1. The number of nitrogens with zero attached hydrogens (tertiary/aromatic N) is 2. The maximum absolute atomic E-state index is 12.8. The van der Waals surface area contributed by atoms with Crippen LogP contribution in [0, 0.1) is 0 Å². The number of methoxy groups -OCH3 is 1. The standard InChI is InChI=1S/C23H19ClN2O4/c1-30-20-8-7-15(24)12-14(20)6-9-21(27)26-11-10-19-17(13-26)22(23(28)29)16-4-2-3-5-18(16)25-19/h2-9,12H,10-11,13H2,1H3,(H,28,29)/b9-6+. The molecule has 0 unspecified atom stereocenters. The number of carboxylic acid groups (broad SMARTS) is 1. The van der Waals surface area contributed by atoms with Gasteiger partial charge in [0.2, 0.25) is 5.91 Å². The molecule has 1 aromatic heterocycles. The molecule has 152 valence electrons. The molecule has 0 radical (unpaired) electrons. The molecule has 7 heteroatoms. The molecule has 0 saturated heterocycles. The number of rotatable bonds is 4. The van der Waals surface area contributed by atoms with Crippen LogP contribution in [0.15, 0.2) is 48.5 Å². The molecule has 1 amide bonds. The van der Waals surface area contributed by atoms with Crippen molar-refractivity contribution in [3.63, 3.8) is 0 Å². The summed E-state index contributed by atoms with van der Waals surface area (Å²) in [5, 5.41) is 10.9. The van der Waals surface area contributed by atoms with Crippen LogP contribution in [-0.4, -0.2) is 40.5 Å².